The molecule has 18 heteroatoms. The number of guanidine groups is 2. The van der Waals surface area contributed by atoms with Crippen molar-refractivity contribution in [3.63, 3.8) is 0 Å². The van der Waals surface area contributed by atoms with Crippen LogP contribution in [0.3, 0.4) is 0 Å². The van der Waals surface area contributed by atoms with Crippen LogP contribution in [0.1, 0.15) is 124 Å². The number of amides is 4. The number of nitrogens with zero attached hydrogens (tertiary/aromatic N) is 2. The van der Waals surface area contributed by atoms with Crippen molar-refractivity contribution in [2.75, 3.05) is 19.0 Å². The van der Waals surface area contributed by atoms with Gasteiger partial charge in [0.1, 0.15) is 18.1 Å². The van der Waals surface area contributed by atoms with Crippen LogP contribution >= 0.6 is 11.6 Å². The number of hydrogen-bond donors (Lipinski definition) is 9. The summed E-state index contributed by atoms with van der Waals surface area (Å²) in [6.45, 7) is 6.11. The summed E-state index contributed by atoms with van der Waals surface area (Å²) in [5.41, 5.74) is 21.6. The number of rotatable bonds is 31. The van der Waals surface area contributed by atoms with Crippen molar-refractivity contribution in [2.45, 2.75) is 148 Å². The fraction of sp³-hybridized carbons (Fsp3) is 0.771. The molecule has 13 N–H and O–H groups in total. The van der Waals surface area contributed by atoms with Crippen LogP contribution in [0.2, 0.25) is 0 Å². The maximum Gasteiger partial charge on any atom is 0.303 e. The second-order valence-electron chi connectivity index (χ2n) is 13.2. The number of nitrogens with one attached hydrogen (secondary N) is 4. The zero-order valence-electron chi connectivity index (χ0n) is 31.8. The third kappa shape index (κ3) is 23.9. The quantitative estimate of drug-likeness (QED) is 0.0209. The molecule has 0 aromatic carbocycles. The molecular formula is C35H65ClN10O7. The van der Waals surface area contributed by atoms with Crippen molar-refractivity contribution >= 4 is 58.9 Å². The molecule has 0 saturated heterocycles. The summed E-state index contributed by atoms with van der Waals surface area (Å²) in [5.74, 6) is -4.59. The van der Waals surface area contributed by atoms with E-state index in [2.05, 4.69) is 38.2 Å². The van der Waals surface area contributed by atoms with Crippen LogP contribution < -0.4 is 44.2 Å². The van der Waals surface area contributed by atoms with E-state index in [0.29, 0.717) is 25.7 Å². The van der Waals surface area contributed by atoms with Gasteiger partial charge in [-0.15, -0.1) is 11.6 Å². The van der Waals surface area contributed by atoms with E-state index in [1.165, 1.54) is 6.42 Å². The normalized spacial score (nSPS) is 13.7. The Labute approximate surface area is 319 Å². The molecule has 0 aliphatic rings. The number of aliphatic carboxylic acids is 1. The molecule has 0 spiro atoms. The Morgan fingerprint density at radius 1 is 0.623 bits per heavy atom. The molecule has 0 aliphatic carbocycles. The van der Waals surface area contributed by atoms with Crippen molar-refractivity contribution < 1.29 is 33.9 Å². The summed E-state index contributed by atoms with van der Waals surface area (Å²) in [6.07, 6.45) is 8.05. The van der Waals surface area contributed by atoms with Gasteiger partial charge in [0.2, 0.25) is 23.6 Å². The van der Waals surface area contributed by atoms with Crippen molar-refractivity contribution in [3.05, 3.63) is 0 Å². The first kappa shape index (κ1) is 48.9. The summed E-state index contributed by atoms with van der Waals surface area (Å²) in [7, 11) is 0. The Hall–Kier alpha value is -4.15. The highest BCUT2D eigenvalue weighted by atomic mass is 35.5. The monoisotopic (exact) mass is 772 g/mol. The maximum atomic E-state index is 13.7. The third-order valence-electron chi connectivity index (χ3n) is 8.67. The van der Waals surface area contributed by atoms with E-state index in [4.69, 9.17) is 34.5 Å². The van der Waals surface area contributed by atoms with Gasteiger partial charge in [0, 0.05) is 38.2 Å². The number of Topliss-reactive ketones (excluding diaryl/α,β-unsaturated/α-hetero) is 1. The van der Waals surface area contributed by atoms with Crippen LogP contribution in [0.4, 0.5) is 0 Å². The first-order valence-corrected chi connectivity index (χ1v) is 19.3. The molecular weight excluding hydrogens is 708 g/mol. The van der Waals surface area contributed by atoms with Crippen LogP contribution in [-0.4, -0.2) is 95.5 Å². The Morgan fingerprint density at radius 3 is 1.66 bits per heavy atom. The topological polar surface area (TPSA) is 300 Å². The Balaban J connectivity index is 5.99. The van der Waals surface area contributed by atoms with E-state index in [9.17, 15) is 33.9 Å². The lowest BCUT2D eigenvalue weighted by molar-refractivity contribution is -0.138. The molecule has 0 unspecified atom stereocenters. The molecule has 0 rings (SSSR count). The number of carbonyl (C=O) groups excluding carboxylic acids is 5. The first-order valence-electron chi connectivity index (χ1n) is 18.8. The van der Waals surface area contributed by atoms with Crippen LogP contribution in [-0.2, 0) is 28.8 Å². The molecule has 4 amide bonds. The van der Waals surface area contributed by atoms with Crippen molar-refractivity contribution in [1.29, 1.82) is 0 Å². The van der Waals surface area contributed by atoms with Gasteiger partial charge in [0.15, 0.2) is 17.7 Å². The lowest BCUT2D eigenvalue weighted by Gasteiger charge is -2.29. The van der Waals surface area contributed by atoms with Gasteiger partial charge in [-0.1, -0.05) is 65.7 Å². The molecule has 5 atom stereocenters. The number of unbranched alkanes of at least 4 members (excludes halogenated alkanes) is 6. The maximum absolute atomic E-state index is 13.7. The van der Waals surface area contributed by atoms with Crippen molar-refractivity contribution in [2.24, 2.45) is 38.8 Å². The van der Waals surface area contributed by atoms with E-state index in [1.54, 1.807) is 6.92 Å². The van der Waals surface area contributed by atoms with Crippen molar-refractivity contribution in [3.8, 4) is 0 Å². The Morgan fingerprint density at radius 2 is 1.13 bits per heavy atom. The van der Waals surface area contributed by atoms with Gasteiger partial charge >= 0.3 is 5.97 Å². The summed E-state index contributed by atoms with van der Waals surface area (Å²) < 4.78 is 0. The van der Waals surface area contributed by atoms with Crippen LogP contribution in [0.5, 0.6) is 0 Å². The summed E-state index contributed by atoms with van der Waals surface area (Å²) in [6, 6.07) is -4.50. The number of aliphatic imine (C=N–C) groups is 2. The van der Waals surface area contributed by atoms with Crippen LogP contribution in [0.25, 0.3) is 0 Å². The van der Waals surface area contributed by atoms with Crippen molar-refractivity contribution in [1.82, 2.24) is 21.3 Å². The predicted molar refractivity (Wildman–Crippen MR) is 207 cm³/mol. The van der Waals surface area contributed by atoms with Gasteiger partial charge in [0.25, 0.3) is 0 Å². The molecule has 0 radical (unpaired) electrons. The zero-order chi connectivity index (χ0) is 40.2. The molecule has 0 aromatic heterocycles. The second kappa shape index (κ2) is 29.3. The second-order valence-corrected chi connectivity index (χ2v) is 13.6. The van der Waals surface area contributed by atoms with Crippen LogP contribution in [0, 0.1) is 5.92 Å². The van der Waals surface area contributed by atoms with Gasteiger partial charge < -0.3 is 49.3 Å². The summed E-state index contributed by atoms with van der Waals surface area (Å²) in [5, 5.41) is 20.1. The molecule has 0 saturated carbocycles. The van der Waals surface area contributed by atoms with Gasteiger partial charge in [-0.2, -0.15) is 0 Å². The molecule has 0 aromatic rings. The highest BCUT2D eigenvalue weighted by Crippen LogP contribution is 2.13. The Kier molecular flexibility index (Phi) is 27.0. The summed E-state index contributed by atoms with van der Waals surface area (Å²) >= 11 is 5.80. The minimum absolute atomic E-state index is 0.00115. The molecule has 17 nitrogen and oxygen atoms in total. The summed E-state index contributed by atoms with van der Waals surface area (Å²) in [4.78, 5) is 86.0. The average molecular weight is 773 g/mol. The number of carboxylic acid groups (broad SMARTS) is 1. The predicted octanol–water partition coefficient (Wildman–Crippen LogP) is 1.28. The fourth-order valence-corrected chi connectivity index (χ4v) is 5.58. The third-order valence-corrected chi connectivity index (χ3v) is 8.86. The standard InChI is InChI=1S/C35H65ClN10O7/c1-4-6-7-8-9-10-11-16-28(48)43-25(15-13-22-42-35(39)40)31(51)45-26(17-18-29(49)50)32(52)46-30(23(3)5-2)33(53)44-24(27(47)19-20-36)14-12-21-41-34(37)38/h23-26,30H,4-22H2,1-3H3,(H,43,48)(H,44,53)(H,45,51)(H,46,52)(H,49,50)(H4,37,38,41)(H4,39,40,42)/t23-,24-,25-,26-,30-/m0/s1. The molecule has 304 valence electrons. The van der Waals surface area contributed by atoms with E-state index >= 15 is 0 Å². The number of hydrogen-bond acceptors (Lipinski definition) is 8. The minimum atomic E-state index is -1.37. The number of nitrogens with two attached hydrogens (primary N) is 4. The number of carboxylic acids is 1. The van der Waals surface area contributed by atoms with E-state index < -0.39 is 60.2 Å². The number of halogens is 1. The molecule has 53 heavy (non-hydrogen) atoms. The van der Waals surface area contributed by atoms with E-state index in [0.717, 1.165) is 32.1 Å². The molecule has 0 bridgehead atoms. The molecule has 0 heterocycles. The van der Waals surface area contributed by atoms with E-state index in [1.807, 2.05) is 6.92 Å². The van der Waals surface area contributed by atoms with Gasteiger partial charge in [-0.25, -0.2) is 0 Å². The highest BCUT2D eigenvalue weighted by molar-refractivity contribution is 6.19. The minimum Gasteiger partial charge on any atom is -0.481 e. The van der Waals surface area contributed by atoms with Crippen LogP contribution in [0.15, 0.2) is 9.98 Å². The largest absolute Gasteiger partial charge is 0.481 e. The lowest BCUT2D eigenvalue weighted by Crippen LogP contribution is -2.59. The zero-order valence-corrected chi connectivity index (χ0v) is 32.6. The smallest absolute Gasteiger partial charge is 0.303 e. The number of alkyl halides is 1. The van der Waals surface area contributed by atoms with Gasteiger partial charge in [-0.3, -0.25) is 38.8 Å². The van der Waals surface area contributed by atoms with E-state index in [-0.39, 0.29) is 74.7 Å². The fourth-order valence-electron chi connectivity index (χ4n) is 5.39. The number of carbonyl (C=O) groups is 6. The SMILES string of the molecule is CCCCCCCCCC(=O)N[C@@H](CCCN=C(N)N)C(=O)N[C@@H](CCC(=O)O)C(=O)N[C@H](C(=O)N[C@@H](CCCN=C(N)N)C(=O)CCCl)[C@@H](C)CC. The average Bonchev–Trinajstić information content (AvgIpc) is 3.10. The molecule has 0 fully saturated rings. The first-order chi connectivity index (χ1) is 25.2. The highest BCUT2D eigenvalue weighted by Gasteiger charge is 2.33. The lowest BCUT2D eigenvalue weighted by atomic mass is 9.96. The number of ketones is 1. The molecule has 0 aliphatic heterocycles. The van der Waals surface area contributed by atoms with Gasteiger partial charge in [0.05, 0.1) is 6.04 Å². The Bertz CT molecular complexity index is 1200. The van der Waals surface area contributed by atoms with Gasteiger partial charge in [-0.05, 0) is 44.4 Å².